The highest BCUT2D eigenvalue weighted by Gasteiger charge is 2.40. The predicted molar refractivity (Wildman–Crippen MR) is 75.6 cm³/mol. The fourth-order valence-corrected chi connectivity index (χ4v) is 3.36. The van der Waals surface area contributed by atoms with Gasteiger partial charge in [0.1, 0.15) is 0 Å². The quantitative estimate of drug-likeness (QED) is 0.811. The Balaban J connectivity index is 1.83. The number of ether oxygens (including phenoxy) is 2. The average Bonchev–Trinajstić information content (AvgIpc) is 2.78. The van der Waals surface area contributed by atoms with Gasteiger partial charge in [0, 0.05) is 18.9 Å². The van der Waals surface area contributed by atoms with Crippen LogP contribution in [0.25, 0.3) is 0 Å². The van der Waals surface area contributed by atoms with Crippen molar-refractivity contribution in [2.45, 2.75) is 70.3 Å². The first-order chi connectivity index (χ1) is 9.52. The van der Waals surface area contributed by atoms with Crippen molar-refractivity contribution in [3.05, 3.63) is 0 Å². The van der Waals surface area contributed by atoms with Crippen molar-refractivity contribution in [3.8, 4) is 0 Å². The van der Waals surface area contributed by atoms with E-state index in [1.54, 1.807) is 0 Å². The average molecular weight is 285 g/mol. The summed E-state index contributed by atoms with van der Waals surface area (Å²) in [6.07, 6.45) is 5.25. The molecule has 0 radical (unpaired) electrons. The summed E-state index contributed by atoms with van der Waals surface area (Å²) in [6.45, 7) is 6.95. The minimum Gasteiger partial charge on any atom is -0.481 e. The van der Waals surface area contributed by atoms with Gasteiger partial charge in [0.2, 0.25) is 0 Å². The molecule has 5 heteroatoms. The van der Waals surface area contributed by atoms with Gasteiger partial charge < -0.3 is 19.5 Å². The highest BCUT2D eigenvalue weighted by molar-refractivity contribution is 5.66. The number of piperidine rings is 1. The number of rotatable bonds is 6. The summed E-state index contributed by atoms with van der Waals surface area (Å²) in [5.74, 6) is -1.31. The van der Waals surface area contributed by atoms with E-state index in [1.807, 2.05) is 6.92 Å². The summed E-state index contributed by atoms with van der Waals surface area (Å²) < 4.78 is 11.8. The minimum absolute atomic E-state index is 0.0743. The maximum Gasteiger partial charge on any atom is 0.303 e. The number of nitrogens with zero attached hydrogens (tertiary/aromatic N) is 1. The van der Waals surface area contributed by atoms with Crippen LogP contribution < -0.4 is 0 Å². The van der Waals surface area contributed by atoms with Gasteiger partial charge in [-0.1, -0.05) is 13.3 Å². The topological polar surface area (TPSA) is 59.0 Å². The first kappa shape index (κ1) is 15.7. The van der Waals surface area contributed by atoms with Crippen LogP contribution in [-0.2, 0) is 14.3 Å². The van der Waals surface area contributed by atoms with Gasteiger partial charge in [-0.05, 0) is 39.3 Å². The highest BCUT2D eigenvalue weighted by atomic mass is 16.7. The van der Waals surface area contributed by atoms with Gasteiger partial charge in [0.25, 0.3) is 0 Å². The number of likely N-dealkylation sites (tertiary alicyclic amines) is 1. The van der Waals surface area contributed by atoms with Crippen molar-refractivity contribution in [1.82, 2.24) is 4.90 Å². The second kappa shape index (κ2) is 6.87. The Hall–Kier alpha value is -0.650. The second-order valence-electron chi connectivity index (χ2n) is 6.10. The lowest BCUT2D eigenvalue weighted by Crippen LogP contribution is -2.44. The maximum absolute atomic E-state index is 10.6. The third-order valence-electron chi connectivity index (χ3n) is 4.43. The summed E-state index contributed by atoms with van der Waals surface area (Å²) >= 11 is 0. The van der Waals surface area contributed by atoms with Crippen LogP contribution in [0, 0.1) is 0 Å². The first-order valence-electron chi connectivity index (χ1n) is 7.80. The molecule has 0 aromatic rings. The third kappa shape index (κ3) is 4.17. The Morgan fingerprint density at radius 2 is 2.25 bits per heavy atom. The standard InChI is InChI=1S/C15H27NO4/c1-3-16-9-5-4-6-12(16)10-15(2)19-11-13(20-15)7-8-14(17)18/h12-13H,3-11H2,1-2H3,(H,17,18). The van der Waals surface area contributed by atoms with Gasteiger partial charge in [0.05, 0.1) is 12.7 Å². The van der Waals surface area contributed by atoms with E-state index >= 15 is 0 Å². The van der Waals surface area contributed by atoms with Gasteiger partial charge in [-0.2, -0.15) is 0 Å². The number of aliphatic carboxylic acids is 1. The zero-order valence-corrected chi connectivity index (χ0v) is 12.6. The van der Waals surface area contributed by atoms with E-state index in [2.05, 4.69) is 11.8 Å². The minimum atomic E-state index is -0.772. The molecule has 2 saturated heterocycles. The molecule has 3 unspecified atom stereocenters. The van der Waals surface area contributed by atoms with Crippen LogP contribution in [0.5, 0.6) is 0 Å². The summed E-state index contributed by atoms with van der Waals surface area (Å²) in [5, 5.41) is 8.73. The molecule has 2 fully saturated rings. The molecule has 0 spiro atoms. The Morgan fingerprint density at radius 1 is 1.45 bits per heavy atom. The molecular formula is C15H27NO4. The number of carboxylic acid groups (broad SMARTS) is 1. The molecule has 2 aliphatic heterocycles. The van der Waals surface area contributed by atoms with E-state index in [0.29, 0.717) is 19.1 Å². The van der Waals surface area contributed by atoms with E-state index in [4.69, 9.17) is 14.6 Å². The molecule has 1 N–H and O–H groups in total. The van der Waals surface area contributed by atoms with Crippen LogP contribution in [0.3, 0.4) is 0 Å². The number of carboxylic acids is 1. The fraction of sp³-hybridized carbons (Fsp3) is 0.933. The number of carbonyl (C=O) groups is 1. The van der Waals surface area contributed by atoms with Crippen molar-refractivity contribution < 1.29 is 19.4 Å². The molecule has 3 atom stereocenters. The molecule has 0 aromatic carbocycles. The Labute approximate surface area is 121 Å². The summed E-state index contributed by atoms with van der Waals surface area (Å²) in [5.41, 5.74) is 0. The van der Waals surface area contributed by atoms with Crippen LogP contribution >= 0.6 is 0 Å². The van der Waals surface area contributed by atoms with Gasteiger partial charge in [0.15, 0.2) is 5.79 Å². The number of hydrogen-bond acceptors (Lipinski definition) is 4. The van der Waals surface area contributed by atoms with Gasteiger partial charge >= 0.3 is 5.97 Å². The molecule has 2 heterocycles. The molecule has 116 valence electrons. The molecule has 0 saturated carbocycles. The third-order valence-corrected chi connectivity index (χ3v) is 4.43. The molecule has 2 aliphatic rings. The van der Waals surface area contributed by atoms with Crippen LogP contribution in [0.2, 0.25) is 0 Å². The van der Waals surface area contributed by atoms with Crippen molar-refractivity contribution in [1.29, 1.82) is 0 Å². The van der Waals surface area contributed by atoms with Gasteiger partial charge in [-0.3, -0.25) is 4.79 Å². The SMILES string of the molecule is CCN1CCCCC1CC1(C)OCC(CCC(=O)O)O1. The summed E-state index contributed by atoms with van der Waals surface area (Å²) in [6, 6.07) is 0.525. The normalized spacial score (nSPS) is 35.3. The molecule has 5 nitrogen and oxygen atoms in total. The zero-order chi connectivity index (χ0) is 14.6. The zero-order valence-electron chi connectivity index (χ0n) is 12.6. The first-order valence-corrected chi connectivity index (χ1v) is 7.80. The molecule has 0 bridgehead atoms. The highest BCUT2D eigenvalue weighted by Crippen LogP contribution is 2.33. The lowest BCUT2D eigenvalue weighted by Gasteiger charge is -2.38. The molecular weight excluding hydrogens is 258 g/mol. The van der Waals surface area contributed by atoms with Crippen LogP contribution in [0.4, 0.5) is 0 Å². The monoisotopic (exact) mass is 285 g/mol. The summed E-state index contributed by atoms with van der Waals surface area (Å²) in [4.78, 5) is 13.1. The lowest BCUT2D eigenvalue weighted by molar-refractivity contribution is -0.171. The molecule has 20 heavy (non-hydrogen) atoms. The molecule has 0 aromatic heterocycles. The summed E-state index contributed by atoms with van der Waals surface area (Å²) in [7, 11) is 0. The molecule has 0 amide bonds. The van der Waals surface area contributed by atoms with Crippen LogP contribution in [0.1, 0.15) is 52.4 Å². The second-order valence-corrected chi connectivity index (χ2v) is 6.10. The smallest absolute Gasteiger partial charge is 0.303 e. The maximum atomic E-state index is 10.6. The van der Waals surface area contributed by atoms with Crippen molar-refractivity contribution in [2.24, 2.45) is 0 Å². The van der Waals surface area contributed by atoms with Crippen LogP contribution in [-0.4, -0.2) is 53.6 Å². The molecule has 0 aliphatic carbocycles. The Bertz CT molecular complexity index is 336. The fourth-order valence-electron chi connectivity index (χ4n) is 3.36. The van der Waals surface area contributed by atoms with E-state index in [1.165, 1.54) is 25.8 Å². The number of hydrogen-bond donors (Lipinski definition) is 1. The van der Waals surface area contributed by atoms with E-state index in [9.17, 15) is 4.79 Å². The van der Waals surface area contributed by atoms with Crippen molar-refractivity contribution in [2.75, 3.05) is 19.7 Å². The largest absolute Gasteiger partial charge is 0.481 e. The van der Waals surface area contributed by atoms with Crippen molar-refractivity contribution in [3.63, 3.8) is 0 Å². The van der Waals surface area contributed by atoms with Crippen LogP contribution in [0.15, 0.2) is 0 Å². The van der Waals surface area contributed by atoms with E-state index < -0.39 is 11.8 Å². The van der Waals surface area contributed by atoms with Gasteiger partial charge in [-0.15, -0.1) is 0 Å². The lowest BCUT2D eigenvalue weighted by atomic mass is 9.96. The Morgan fingerprint density at radius 3 is 2.95 bits per heavy atom. The van der Waals surface area contributed by atoms with E-state index in [-0.39, 0.29) is 12.5 Å². The van der Waals surface area contributed by atoms with E-state index in [0.717, 1.165) is 13.0 Å². The van der Waals surface area contributed by atoms with Gasteiger partial charge in [-0.25, -0.2) is 0 Å². The molecule has 2 rings (SSSR count). The Kier molecular flexibility index (Phi) is 5.41. The van der Waals surface area contributed by atoms with Crippen molar-refractivity contribution >= 4 is 5.97 Å². The predicted octanol–water partition coefficient (Wildman–Crippen LogP) is 2.25.